The number of nitrogens with zero attached hydrogens (tertiary/aromatic N) is 1. The third kappa shape index (κ3) is 4.54. The van der Waals surface area contributed by atoms with Crippen LogP contribution in [0.5, 0.6) is 0 Å². The number of nitrogens with one attached hydrogen (secondary N) is 1. The van der Waals surface area contributed by atoms with Crippen molar-refractivity contribution >= 4 is 11.3 Å². The monoisotopic (exact) mass is 306 g/mol. The first-order chi connectivity index (χ1) is 10.4. The first kappa shape index (κ1) is 15.5. The van der Waals surface area contributed by atoms with Gasteiger partial charge in [-0.2, -0.15) is 0 Å². The van der Waals surface area contributed by atoms with Crippen molar-refractivity contribution in [2.24, 2.45) is 5.92 Å². The minimum atomic E-state index is 0.619. The fourth-order valence-corrected chi connectivity index (χ4v) is 4.90. The van der Waals surface area contributed by atoms with Gasteiger partial charge in [-0.1, -0.05) is 25.3 Å². The van der Waals surface area contributed by atoms with Crippen LogP contribution >= 0.6 is 11.3 Å². The molecule has 0 spiro atoms. The van der Waals surface area contributed by atoms with Gasteiger partial charge in [0.2, 0.25) is 0 Å². The average Bonchev–Trinajstić information content (AvgIpc) is 3.22. The van der Waals surface area contributed by atoms with Crippen LogP contribution in [0.1, 0.15) is 62.3 Å². The zero-order valence-electron chi connectivity index (χ0n) is 13.2. The van der Waals surface area contributed by atoms with Gasteiger partial charge in [0.25, 0.3) is 0 Å². The molecule has 0 bridgehead atoms. The second-order valence-electron chi connectivity index (χ2n) is 6.75. The van der Waals surface area contributed by atoms with Gasteiger partial charge in [-0.3, -0.25) is 0 Å². The van der Waals surface area contributed by atoms with Crippen LogP contribution in [0, 0.1) is 5.92 Å². The Hall–Kier alpha value is -0.380. The maximum Gasteiger partial charge on any atom is 0.0443 e. The highest BCUT2D eigenvalue weighted by Crippen LogP contribution is 2.37. The van der Waals surface area contributed by atoms with Gasteiger partial charge in [0, 0.05) is 10.9 Å². The Morgan fingerprint density at radius 2 is 1.95 bits per heavy atom. The Morgan fingerprint density at radius 3 is 2.67 bits per heavy atom. The Labute approximate surface area is 133 Å². The summed E-state index contributed by atoms with van der Waals surface area (Å²) in [6.07, 6.45) is 11.3. The summed E-state index contributed by atoms with van der Waals surface area (Å²) in [6, 6.07) is 5.15. The number of hydrogen-bond acceptors (Lipinski definition) is 3. The molecule has 0 aromatic carbocycles. The van der Waals surface area contributed by atoms with Gasteiger partial charge in [0.1, 0.15) is 0 Å². The van der Waals surface area contributed by atoms with Crippen molar-refractivity contribution in [2.45, 2.75) is 57.4 Å². The molecular formula is C18H30N2S. The first-order valence-electron chi connectivity index (χ1n) is 8.92. The molecule has 2 aliphatic rings. The first-order valence-corrected chi connectivity index (χ1v) is 9.80. The molecule has 1 unspecified atom stereocenters. The third-order valence-electron chi connectivity index (χ3n) is 5.18. The van der Waals surface area contributed by atoms with E-state index < -0.39 is 0 Å². The van der Waals surface area contributed by atoms with E-state index in [2.05, 4.69) is 27.7 Å². The summed E-state index contributed by atoms with van der Waals surface area (Å²) in [5.41, 5.74) is 0. The topological polar surface area (TPSA) is 15.3 Å². The maximum atomic E-state index is 3.89. The number of likely N-dealkylation sites (tertiary alicyclic amines) is 1. The highest BCUT2D eigenvalue weighted by Gasteiger charge is 2.26. The van der Waals surface area contributed by atoms with Crippen LogP contribution in [0.25, 0.3) is 0 Å². The summed E-state index contributed by atoms with van der Waals surface area (Å²) >= 11 is 1.93. The van der Waals surface area contributed by atoms with E-state index in [0.29, 0.717) is 6.04 Å². The second kappa shape index (κ2) is 8.30. The average molecular weight is 307 g/mol. The summed E-state index contributed by atoms with van der Waals surface area (Å²) in [5.74, 6) is 0.874. The molecule has 1 aromatic heterocycles. The smallest absolute Gasteiger partial charge is 0.0443 e. The van der Waals surface area contributed by atoms with Crippen LogP contribution in [0.4, 0.5) is 0 Å². The quantitative estimate of drug-likeness (QED) is 0.749. The molecular weight excluding hydrogens is 276 g/mol. The van der Waals surface area contributed by atoms with E-state index >= 15 is 0 Å². The molecule has 1 aliphatic carbocycles. The van der Waals surface area contributed by atoms with E-state index in [0.717, 1.165) is 5.92 Å². The Morgan fingerprint density at radius 1 is 1.14 bits per heavy atom. The van der Waals surface area contributed by atoms with Crippen molar-refractivity contribution in [1.82, 2.24) is 10.2 Å². The van der Waals surface area contributed by atoms with E-state index in [9.17, 15) is 0 Å². The molecule has 0 amide bonds. The zero-order chi connectivity index (χ0) is 14.3. The van der Waals surface area contributed by atoms with Crippen LogP contribution in [0.3, 0.4) is 0 Å². The summed E-state index contributed by atoms with van der Waals surface area (Å²) in [4.78, 5) is 4.21. The van der Waals surface area contributed by atoms with E-state index in [1.54, 1.807) is 4.88 Å². The Kier molecular flexibility index (Phi) is 6.13. The van der Waals surface area contributed by atoms with Crippen LogP contribution in [-0.2, 0) is 0 Å². The number of rotatable bonds is 7. The van der Waals surface area contributed by atoms with Gasteiger partial charge >= 0.3 is 0 Å². The van der Waals surface area contributed by atoms with Gasteiger partial charge in [-0.15, -0.1) is 11.3 Å². The van der Waals surface area contributed by atoms with Crippen LogP contribution in [-0.4, -0.2) is 31.1 Å². The predicted molar refractivity (Wildman–Crippen MR) is 91.9 cm³/mol. The van der Waals surface area contributed by atoms with Crippen molar-refractivity contribution in [3.05, 3.63) is 22.4 Å². The maximum absolute atomic E-state index is 3.89. The SMILES string of the molecule is c1csc(C(NCCCN2CCCCC2)C2CCCC2)c1. The second-order valence-corrected chi connectivity index (χ2v) is 7.73. The summed E-state index contributed by atoms with van der Waals surface area (Å²) < 4.78 is 0. The fraction of sp³-hybridized carbons (Fsp3) is 0.778. The van der Waals surface area contributed by atoms with Gasteiger partial charge < -0.3 is 10.2 Å². The van der Waals surface area contributed by atoms with E-state index in [1.807, 2.05) is 11.3 Å². The lowest BCUT2D eigenvalue weighted by Gasteiger charge is -2.27. The van der Waals surface area contributed by atoms with Crippen LogP contribution < -0.4 is 5.32 Å². The molecule has 3 heteroatoms. The van der Waals surface area contributed by atoms with Crippen LogP contribution in [0.15, 0.2) is 17.5 Å². The largest absolute Gasteiger partial charge is 0.309 e. The molecule has 1 saturated carbocycles. The molecule has 118 valence electrons. The molecule has 0 radical (unpaired) electrons. The lowest BCUT2D eigenvalue weighted by atomic mass is 9.96. The molecule has 1 atom stereocenters. The summed E-state index contributed by atoms with van der Waals surface area (Å²) in [6.45, 7) is 5.12. The molecule has 2 fully saturated rings. The molecule has 2 heterocycles. The standard InChI is InChI=1S/C18H30N2S/c1-4-12-20(13-5-1)14-7-11-19-18(16-8-2-3-9-16)17-10-6-15-21-17/h6,10,15-16,18-19H,1-5,7-9,11-14H2. The lowest BCUT2D eigenvalue weighted by Crippen LogP contribution is -2.33. The summed E-state index contributed by atoms with van der Waals surface area (Å²) in [5, 5.41) is 6.12. The molecule has 1 aliphatic heterocycles. The number of hydrogen-bond donors (Lipinski definition) is 1. The van der Waals surface area contributed by atoms with Crippen LogP contribution in [0.2, 0.25) is 0 Å². The molecule has 21 heavy (non-hydrogen) atoms. The number of piperidine rings is 1. The lowest BCUT2D eigenvalue weighted by molar-refractivity contribution is 0.223. The van der Waals surface area contributed by atoms with Gasteiger partial charge in [0.05, 0.1) is 0 Å². The summed E-state index contributed by atoms with van der Waals surface area (Å²) in [7, 11) is 0. The molecule has 1 saturated heterocycles. The van der Waals surface area contributed by atoms with Crippen molar-refractivity contribution in [3.8, 4) is 0 Å². The van der Waals surface area contributed by atoms with E-state index in [-0.39, 0.29) is 0 Å². The van der Waals surface area contributed by atoms with Crippen molar-refractivity contribution in [1.29, 1.82) is 0 Å². The predicted octanol–water partition coefficient (Wildman–Crippen LogP) is 4.45. The third-order valence-corrected chi connectivity index (χ3v) is 6.14. The zero-order valence-corrected chi connectivity index (χ0v) is 14.0. The van der Waals surface area contributed by atoms with Gasteiger partial charge in [-0.05, 0) is 75.6 Å². The van der Waals surface area contributed by atoms with E-state index in [4.69, 9.17) is 0 Å². The molecule has 3 rings (SSSR count). The van der Waals surface area contributed by atoms with Gasteiger partial charge in [0.15, 0.2) is 0 Å². The highest BCUT2D eigenvalue weighted by molar-refractivity contribution is 7.10. The molecule has 2 nitrogen and oxygen atoms in total. The molecule has 1 aromatic rings. The Bertz CT molecular complexity index is 378. The fourth-order valence-electron chi connectivity index (χ4n) is 4.00. The minimum absolute atomic E-state index is 0.619. The normalized spacial score (nSPS) is 22.7. The van der Waals surface area contributed by atoms with E-state index in [1.165, 1.54) is 77.5 Å². The van der Waals surface area contributed by atoms with Crippen molar-refractivity contribution in [2.75, 3.05) is 26.2 Å². The number of thiophene rings is 1. The highest BCUT2D eigenvalue weighted by atomic mass is 32.1. The van der Waals surface area contributed by atoms with Crippen molar-refractivity contribution < 1.29 is 0 Å². The minimum Gasteiger partial charge on any atom is -0.309 e. The molecule has 1 N–H and O–H groups in total. The Balaban J connectivity index is 1.43. The van der Waals surface area contributed by atoms with Crippen molar-refractivity contribution in [3.63, 3.8) is 0 Å². The van der Waals surface area contributed by atoms with Gasteiger partial charge in [-0.25, -0.2) is 0 Å².